The number of benzene rings is 1. The molecule has 2 N–H and O–H groups in total. The minimum atomic E-state index is -1.29. The Morgan fingerprint density at radius 2 is 2.00 bits per heavy atom. The van der Waals surface area contributed by atoms with Crippen molar-refractivity contribution in [2.24, 2.45) is 0 Å². The first-order chi connectivity index (χ1) is 9.00. The topological polar surface area (TPSA) is 66.4 Å². The molecular weight excluding hydrogens is 269 g/mol. The number of carboxylic acids is 1. The van der Waals surface area contributed by atoms with Gasteiger partial charge >= 0.3 is 5.97 Å². The van der Waals surface area contributed by atoms with Gasteiger partial charge in [-0.3, -0.25) is 4.79 Å². The van der Waals surface area contributed by atoms with E-state index in [1.807, 2.05) is 0 Å². The molecule has 0 fully saturated rings. The summed E-state index contributed by atoms with van der Waals surface area (Å²) in [7, 11) is 0. The van der Waals surface area contributed by atoms with E-state index in [1.54, 1.807) is 17.7 Å². The van der Waals surface area contributed by atoms with Crippen molar-refractivity contribution in [1.82, 2.24) is 0 Å². The summed E-state index contributed by atoms with van der Waals surface area (Å²) in [6.45, 7) is 1.75. The van der Waals surface area contributed by atoms with Crippen LogP contribution >= 0.6 is 11.3 Å². The van der Waals surface area contributed by atoms with Gasteiger partial charge in [0.25, 0.3) is 5.91 Å². The molecule has 1 aromatic carbocycles. The maximum absolute atomic E-state index is 13.6. The number of aryl methyl sites for hydroxylation is 1. The van der Waals surface area contributed by atoms with E-state index >= 15 is 0 Å². The van der Waals surface area contributed by atoms with Crippen LogP contribution in [0, 0.1) is 12.7 Å². The highest BCUT2D eigenvalue weighted by Gasteiger charge is 2.18. The molecule has 0 spiro atoms. The van der Waals surface area contributed by atoms with Crippen molar-refractivity contribution in [3.63, 3.8) is 0 Å². The molecule has 1 amide bonds. The summed E-state index contributed by atoms with van der Waals surface area (Å²) in [5, 5.41) is 14.7. The van der Waals surface area contributed by atoms with Crippen LogP contribution < -0.4 is 5.32 Å². The van der Waals surface area contributed by atoms with Crippen LogP contribution in [0.1, 0.15) is 26.3 Å². The van der Waals surface area contributed by atoms with E-state index in [1.165, 1.54) is 23.5 Å². The second-order valence-electron chi connectivity index (χ2n) is 3.89. The number of carbonyl (C=O) groups is 2. The van der Waals surface area contributed by atoms with Crippen LogP contribution in [-0.4, -0.2) is 17.0 Å². The average molecular weight is 279 g/mol. The van der Waals surface area contributed by atoms with Crippen LogP contribution in [0.5, 0.6) is 0 Å². The van der Waals surface area contributed by atoms with Gasteiger partial charge in [0.05, 0.1) is 16.8 Å². The zero-order valence-corrected chi connectivity index (χ0v) is 10.8. The zero-order valence-electron chi connectivity index (χ0n) is 9.94. The first-order valence-electron chi connectivity index (χ1n) is 5.36. The van der Waals surface area contributed by atoms with E-state index in [0.29, 0.717) is 5.56 Å². The van der Waals surface area contributed by atoms with Crippen molar-refractivity contribution in [2.45, 2.75) is 6.92 Å². The summed E-state index contributed by atoms with van der Waals surface area (Å²) < 4.78 is 13.6. The fourth-order valence-corrected chi connectivity index (χ4v) is 2.43. The van der Waals surface area contributed by atoms with E-state index in [2.05, 4.69) is 5.32 Å². The second-order valence-corrected chi connectivity index (χ2v) is 4.63. The van der Waals surface area contributed by atoms with Crippen LogP contribution in [0.25, 0.3) is 0 Å². The van der Waals surface area contributed by atoms with E-state index in [4.69, 9.17) is 5.11 Å². The lowest BCUT2D eigenvalue weighted by Gasteiger charge is -2.09. The average Bonchev–Trinajstić information content (AvgIpc) is 2.77. The van der Waals surface area contributed by atoms with Crippen LogP contribution in [0.3, 0.4) is 0 Å². The number of hydrogen-bond donors (Lipinski definition) is 2. The molecule has 1 heterocycles. The Bertz CT molecular complexity index is 651. The third-order valence-corrected chi connectivity index (χ3v) is 3.44. The Kier molecular flexibility index (Phi) is 3.62. The van der Waals surface area contributed by atoms with Crippen molar-refractivity contribution in [2.75, 3.05) is 5.32 Å². The number of hydrogen-bond acceptors (Lipinski definition) is 3. The molecule has 0 saturated carbocycles. The van der Waals surface area contributed by atoms with Crippen molar-refractivity contribution in [3.05, 3.63) is 51.5 Å². The molecule has 98 valence electrons. The van der Waals surface area contributed by atoms with Gasteiger partial charge in [0.15, 0.2) is 0 Å². The Morgan fingerprint density at radius 1 is 1.26 bits per heavy atom. The minimum Gasteiger partial charge on any atom is -0.478 e. The van der Waals surface area contributed by atoms with Crippen LogP contribution in [-0.2, 0) is 0 Å². The van der Waals surface area contributed by atoms with Gasteiger partial charge in [-0.05, 0) is 30.0 Å². The van der Waals surface area contributed by atoms with Gasteiger partial charge in [0.1, 0.15) is 5.82 Å². The quantitative estimate of drug-likeness (QED) is 0.907. The summed E-state index contributed by atoms with van der Waals surface area (Å²) in [5.74, 6) is -2.59. The third-order valence-electron chi connectivity index (χ3n) is 2.58. The van der Waals surface area contributed by atoms with Gasteiger partial charge < -0.3 is 10.4 Å². The van der Waals surface area contributed by atoms with Gasteiger partial charge in [0, 0.05) is 5.38 Å². The molecule has 6 heteroatoms. The molecule has 0 bridgehead atoms. The predicted molar refractivity (Wildman–Crippen MR) is 70.4 cm³/mol. The second kappa shape index (κ2) is 5.19. The van der Waals surface area contributed by atoms with Gasteiger partial charge in [-0.15, -0.1) is 0 Å². The molecule has 0 aliphatic carbocycles. The molecule has 0 aliphatic heterocycles. The highest BCUT2D eigenvalue weighted by molar-refractivity contribution is 7.08. The molecule has 0 atom stereocenters. The molecule has 0 saturated heterocycles. The largest absolute Gasteiger partial charge is 0.478 e. The van der Waals surface area contributed by atoms with E-state index in [9.17, 15) is 14.0 Å². The predicted octanol–water partition coefficient (Wildman–Crippen LogP) is 3.15. The number of carboxylic acid groups (broad SMARTS) is 1. The summed E-state index contributed by atoms with van der Waals surface area (Å²) in [6, 6.07) is 3.62. The number of thiophene rings is 1. The SMILES string of the molecule is Cc1cscc1C(=O)Nc1c(F)cccc1C(=O)O. The van der Waals surface area contributed by atoms with Crippen molar-refractivity contribution in [1.29, 1.82) is 0 Å². The first-order valence-corrected chi connectivity index (χ1v) is 6.31. The lowest BCUT2D eigenvalue weighted by molar-refractivity contribution is 0.0697. The van der Waals surface area contributed by atoms with Crippen LogP contribution in [0.2, 0.25) is 0 Å². The Morgan fingerprint density at radius 3 is 2.58 bits per heavy atom. The number of carbonyl (C=O) groups excluding carboxylic acids is 1. The van der Waals surface area contributed by atoms with E-state index in [0.717, 1.165) is 11.6 Å². The van der Waals surface area contributed by atoms with E-state index < -0.39 is 17.7 Å². The third kappa shape index (κ3) is 2.63. The van der Waals surface area contributed by atoms with Crippen LogP contribution in [0.4, 0.5) is 10.1 Å². The first kappa shape index (κ1) is 13.2. The number of rotatable bonds is 3. The number of halogens is 1. The Balaban J connectivity index is 2.36. The summed E-state index contributed by atoms with van der Waals surface area (Å²) in [4.78, 5) is 23.0. The van der Waals surface area contributed by atoms with Gasteiger partial charge in [-0.25, -0.2) is 9.18 Å². The van der Waals surface area contributed by atoms with Crippen molar-refractivity contribution >= 4 is 28.9 Å². The number of para-hydroxylation sites is 1. The molecule has 4 nitrogen and oxygen atoms in total. The number of amides is 1. The summed E-state index contributed by atoms with van der Waals surface area (Å²) >= 11 is 1.35. The molecule has 0 unspecified atom stereocenters. The maximum atomic E-state index is 13.6. The summed E-state index contributed by atoms with van der Waals surface area (Å²) in [5.41, 5.74) is 0.576. The summed E-state index contributed by atoms with van der Waals surface area (Å²) in [6.07, 6.45) is 0. The zero-order chi connectivity index (χ0) is 14.0. The number of aromatic carboxylic acids is 1. The molecule has 2 aromatic rings. The molecule has 0 aliphatic rings. The maximum Gasteiger partial charge on any atom is 0.337 e. The van der Waals surface area contributed by atoms with Crippen molar-refractivity contribution in [3.8, 4) is 0 Å². The smallest absolute Gasteiger partial charge is 0.337 e. The van der Waals surface area contributed by atoms with Crippen molar-refractivity contribution < 1.29 is 19.1 Å². The molecular formula is C13H10FNO3S. The standard InChI is InChI=1S/C13H10FNO3S/c1-7-5-19-6-9(7)12(16)15-11-8(13(17)18)3-2-4-10(11)14/h2-6H,1H3,(H,15,16)(H,17,18). The molecule has 0 radical (unpaired) electrons. The minimum absolute atomic E-state index is 0.277. The monoisotopic (exact) mass is 279 g/mol. The molecule has 2 rings (SSSR count). The number of nitrogens with one attached hydrogen (secondary N) is 1. The fraction of sp³-hybridized carbons (Fsp3) is 0.0769. The molecule has 1 aromatic heterocycles. The Labute approximate surface area is 112 Å². The van der Waals surface area contributed by atoms with Crippen LogP contribution in [0.15, 0.2) is 29.0 Å². The Hall–Kier alpha value is -2.21. The van der Waals surface area contributed by atoms with E-state index in [-0.39, 0.29) is 11.3 Å². The highest BCUT2D eigenvalue weighted by Crippen LogP contribution is 2.22. The lowest BCUT2D eigenvalue weighted by atomic mass is 10.1. The van der Waals surface area contributed by atoms with Gasteiger partial charge in [-0.2, -0.15) is 11.3 Å². The highest BCUT2D eigenvalue weighted by atomic mass is 32.1. The molecule has 19 heavy (non-hydrogen) atoms. The van der Waals surface area contributed by atoms with Gasteiger partial charge in [-0.1, -0.05) is 6.07 Å². The fourth-order valence-electron chi connectivity index (χ4n) is 1.60. The lowest BCUT2D eigenvalue weighted by Crippen LogP contribution is -2.16. The number of anilines is 1. The normalized spacial score (nSPS) is 10.2. The van der Waals surface area contributed by atoms with Gasteiger partial charge in [0.2, 0.25) is 0 Å².